The zero-order chi connectivity index (χ0) is 30.9. The van der Waals surface area contributed by atoms with Crippen molar-refractivity contribution in [3.8, 4) is 11.8 Å². The minimum absolute atomic E-state index is 0.0273. The minimum Gasteiger partial charge on any atom is -0.489 e. The number of nitro benzene ring substituents is 1. The molecule has 0 bridgehead atoms. The summed E-state index contributed by atoms with van der Waals surface area (Å²) in [5.74, 6) is 0.410. The summed E-state index contributed by atoms with van der Waals surface area (Å²) >= 11 is 0. The summed E-state index contributed by atoms with van der Waals surface area (Å²) in [7, 11) is -4.17. The summed E-state index contributed by atoms with van der Waals surface area (Å²) in [6.45, 7) is 3.44. The van der Waals surface area contributed by atoms with Crippen LogP contribution < -0.4 is 10.1 Å². The summed E-state index contributed by atoms with van der Waals surface area (Å²) in [5, 5.41) is 42.8. The molecule has 222 valence electrons. The fraction of sp³-hybridized carbons (Fsp3) is 0.310. The summed E-state index contributed by atoms with van der Waals surface area (Å²) in [5.41, 5.74) is 1.75. The number of nitro groups is 1. The van der Waals surface area contributed by atoms with Gasteiger partial charge >= 0.3 is 6.09 Å². The second kappa shape index (κ2) is 14.4. The Kier molecular flexibility index (Phi) is 11.0. The molecule has 0 saturated heterocycles. The number of non-ortho nitro benzene ring substituents is 1. The van der Waals surface area contributed by atoms with Gasteiger partial charge in [0.1, 0.15) is 12.4 Å². The molecule has 1 amide bonds. The smallest absolute Gasteiger partial charge is 0.404 e. The third kappa shape index (κ3) is 9.00. The number of amides is 1. The number of sulfonamides is 1. The first-order chi connectivity index (χ1) is 19.9. The molecule has 2 atom stereocenters. The molecule has 0 radical (unpaired) electrons. The van der Waals surface area contributed by atoms with Crippen molar-refractivity contribution in [1.29, 1.82) is 5.26 Å². The van der Waals surface area contributed by atoms with E-state index in [0.717, 1.165) is 34.1 Å². The Balaban J connectivity index is 1.74. The predicted octanol–water partition coefficient (Wildman–Crippen LogP) is 3.93. The van der Waals surface area contributed by atoms with Crippen LogP contribution in [-0.4, -0.2) is 59.2 Å². The largest absolute Gasteiger partial charge is 0.489 e. The molecule has 3 rings (SSSR count). The maximum atomic E-state index is 13.4. The lowest BCUT2D eigenvalue weighted by Gasteiger charge is -2.30. The number of ether oxygens (including phenoxy) is 1. The molecule has 0 unspecified atom stereocenters. The summed E-state index contributed by atoms with van der Waals surface area (Å²) in [6.07, 6.45) is -2.74. The Morgan fingerprint density at radius 1 is 1.07 bits per heavy atom. The molecular weight excluding hydrogens is 564 g/mol. The molecule has 0 spiro atoms. The average molecular weight is 597 g/mol. The molecule has 42 heavy (non-hydrogen) atoms. The first-order valence-electron chi connectivity index (χ1n) is 13.0. The second-order valence-electron chi connectivity index (χ2n) is 10.0. The highest BCUT2D eigenvalue weighted by Crippen LogP contribution is 2.22. The molecule has 3 aromatic rings. The number of aliphatic hydroxyl groups excluding tert-OH is 1. The Morgan fingerprint density at radius 2 is 1.74 bits per heavy atom. The van der Waals surface area contributed by atoms with Crippen molar-refractivity contribution in [3.63, 3.8) is 0 Å². The molecule has 0 aliphatic heterocycles. The summed E-state index contributed by atoms with van der Waals surface area (Å²) < 4.78 is 33.6. The van der Waals surface area contributed by atoms with Gasteiger partial charge < -0.3 is 20.3 Å². The highest BCUT2D eigenvalue weighted by atomic mass is 32.2. The topological polar surface area (TPSA) is 183 Å². The van der Waals surface area contributed by atoms with Crippen LogP contribution in [0.5, 0.6) is 5.75 Å². The van der Waals surface area contributed by atoms with Crippen molar-refractivity contribution in [2.75, 3.05) is 13.1 Å². The monoisotopic (exact) mass is 596 g/mol. The van der Waals surface area contributed by atoms with Gasteiger partial charge in [-0.3, -0.25) is 10.1 Å². The lowest BCUT2D eigenvalue weighted by Crippen LogP contribution is -2.50. The van der Waals surface area contributed by atoms with Crippen LogP contribution in [0.1, 0.15) is 30.5 Å². The molecule has 0 aromatic heterocycles. The van der Waals surface area contributed by atoms with Crippen LogP contribution in [0, 0.1) is 27.4 Å². The lowest BCUT2D eigenvalue weighted by molar-refractivity contribution is -0.384. The number of nitrogens with one attached hydrogen (secondary N) is 1. The van der Waals surface area contributed by atoms with Gasteiger partial charge in [0.15, 0.2) is 0 Å². The molecule has 12 nitrogen and oxygen atoms in total. The highest BCUT2D eigenvalue weighted by Gasteiger charge is 2.31. The molecule has 3 aromatic carbocycles. The van der Waals surface area contributed by atoms with Gasteiger partial charge in [-0.15, -0.1) is 0 Å². The van der Waals surface area contributed by atoms with Crippen molar-refractivity contribution < 1.29 is 33.1 Å². The van der Waals surface area contributed by atoms with E-state index in [9.17, 15) is 33.5 Å². The Morgan fingerprint density at radius 3 is 2.31 bits per heavy atom. The summed E-state index contributed by atoms with van der Waals surface area (Å²) in [6, 6.07) is 19.3. The molecule has 0 saturated carbocycles. The number of nitriles is 1. The van der Waals surface area contributed by atoms with E-state index < -0.39 is 39.7 Å². The van der Waals surface area contributed by atoms with Gasteiger partial charge in [0.05, 0.1) is 33.6 Å². The van der Waals surface area contributed by atoms with Crippen LogP contribution in [-0.2, 0) is 23.1 Å². The van der Waals surface area contributed by atoms with Crippen molar-refractivity contribution in [2.45, 2.75) is 43.9 Å². The van der Waals surface area contributed by atoms with Crippen molar-refractivity contribution in [1.82, 2.24) is 9.62 Å². The fourth-order valence-electron chi connectivity index (χ4n) is 4.22. The van der Waals surface area contributed by atoms with E-state index in [1.165, 1.54) is 0 Å². The molecule has 0 fully saturated rings. The normalized spacial score (nSPS) is 12.9. The number of hydrogen-bond acceptors (Lipinski definition) is 8. The average Bonchev–Trinajstić information content (AvgIpc) is 2.95. The number of hydrogen-bond donors (Lipinski definition) is 3. The van der Waals surface area contributed by atoms with E-state index in [1.807, 2.05) is 6.07 Å². The highest BCUT2D eigenvalue weighted by molar-refractivity contribution is 7.89. The number of nitrogens with zero attached hydrogens (tertiary/aromatic N) is 3. The maximum absolute atomic E-state index is 13.4. The zero-order valence-electron chi connectivity index (χ0n) is 23.1. The minimum atomic E-state index is -4.17. The molecule has 3 N–H and O–H groups in total. The number of benzene rings is 3. The van der Waals surface area contributed by atoms with Gasteiger partial charge in [-0.05, 0) is 59.9 Å². The zero-order valence-corrected chi connectivity index (χ0v) is 23.9. The van der Waals surface area contributed by atoms with E-state index in [2.05, 4.69) is 11.4 Å². The van der Waals surface area contributed by atoms with Crippen LogP contribution >= 0.6 is 0 Å². The van der Waals surface area contributed by atoms with Gasteiger partial charge in [0, 0.05) is 25.2 Å². The molecule has 13 heteroatoms. The van der Waals surface area contributed by atoms with Crippen LogP contribution in [0.15, 0.2) is 77.7 Å². The Bertz CT molecular complexity index is 1520. The third-order valence-electron chi connectivity index (χ3n) is 6.26. The maximum Gasteiger partial charge on any atom is 0.404 e. The SMILES string of the molecule is CC(C)CN(C[C@@H](O)[C@H](Cc1ccc(OCc2cccc(C#N)c2)cc1)NC(=O)O)S(=O)(=O)c1ccc([N+](=O)[O-])cc1. The first-order valence-corrected chi connectivity index (χ1v) is 14.5. The van der Waals surface area contributed by atoms with Gasteiger partial charge in [0.2, 0.25) is 10.0 Å². The van der Waals surface area contributed by atoms with Gasteiger partial charge in [-0.2, -0.15) is 9.57 Å². The van der Waals surface area contributed by atoms with Crippen molar-refractivity contribution >= 4 is 21.8 Å². The predicted molar refractivity (Wildman–Crippen MR) is 153 cm³/mol. The van der Waals surface area contributed by atoms with Crippen LogP contribution in [0.2, 0.25) is 0 Å². The fourth-order valence-corrected chi connectivity index (χ4v) is 5.84. The molecule has 0 aliphatic rings. The quantitative estimate of drug-likeness (QED) is 0.183. The van der Waals surface area contributed by atoms with Gasteiger partial charge in [-0.25, -0.2) is 13.2 Å². The molecule has 0 aliphatic carbocycles. The molecular formula is C29H32N4O8S. The van der Waals surface area contributed by atoms with Crippen LogP contribution in [0.3, 0.4) is 0 Å². The van der Waals surface area contributed by atoms with E-state index >= 15 is 0 Å². The second-order valence-corrected chi connectivity index (χ2v) is 12.0. The van der Waals surface area contributed by atoms with Crippen LogP contribution in [0.25, 0.3) is 0 Å². The number of rotatable bonds is 14. The Labute approximate surface area is 244 Å². The van der Waals surface area contributed by atoms with E-state index in [1.54, 1.807) is 56.3 Å². The number of carbonyl (C=O) groups is 1. The van der Waals surface area contributed by atoms with Crippen molar-refractivity contribution in [2.24, 2.45) is 5.92 Å². The van der Waals surface area contributed by atoms with Crippen molar-refractivity contribution in [3.05, 3.63) is 99.6 Å². The van der Waals surface area contributed by atoms with Gasteiger partial charge in [-0.1, -0.05) is 38.1 Å². The molecule has 0 heterocycles. The summed E-state index contributed by atoms with van der Waals surface area (Å²) in [4.78, 5) is 21.7. The number of aliphatic hydroxyl groups is 1. The third-order valence-corrected chi connectivity index (χ3v) is 8.10. The van der Waals surface area contributed by atoms with Gasteiger partial charge in [0.25, 0.3) is 5.69 Å². The number of carboxylic acid groups (broad SMARTS) is 1. The first kappa shape index (κ1) is 32.0. The lowest BCUT2D eigenvalue weighted by atomic mass is 10.0. The van der Waals surface area contributed by atoms with Crippen LogP contribution in [0.4, 0.5) is 10.5 Å². The standard InChI is InChI=1S/C29H32N4O8S/c1-20(2)17-32(42(39,40)26-12-8-24(9-13-26)33(37)38)18-28(34)27(31-29(35)36)15-21-6-10-25(11-7-21)41-19-23-5-3-4-22(14-23)16-30/h3-14,20,27-28,31,34H,15,17-19H2,1-2H3,(H,35,36)/t27-,28+/m0/s1. The Hall–Kier alpha value is -4.51. The van der Waals surface area contributed by atoms with E-state index in [4.69, 9.17) is 10.00 Å². The van der Waals surface area contributed by atoms with E-state index in [0.29, 0.717) is 16.9 Å². The van der Waals surface area contributed by atoms with E-state index in [-0.39, 0.29) is 36.1 Å².